The van der Waals surface area contributed by atoms with Gasteiger partial charge >= 0.3 is 0 Å². The van der Waals surface area contributed by atoms with E-state index < -0.39 is 5.60 Å². The highest BCUT2D eigenvalue weighted by Crippen LogP contribution is 2.40. The highest BCUT2D eigenvalue weighted by molar-refractivity contribution is 5.98. The lowest BCUT2D eigenvalue weighted by Gasteiger charge is -2.47. The number of carbonyl (C=O) groups excluding carboxylic acids is 1. The lowest BCUT2D eigenvalue weighted by Crippen LogP contribution is -2.54. The van der Waals surface area contributed by atoms with Crippen LogP contribution in [0.2, 0.25) is 0 Å². The Morgan fingerprint density at radius 1 is 1.26 bits per heavy atom. The molecule has 1 aromatic carbocycles. The summed E-state index contributed by atoms with van der Waals surface area (Å²) in [5.41, 5.74) is 1.37. The van der Waals surface area contributed by atoms with Crippen molar-refractivity contribution in [3.05, 3.63) is 36.0 Å². The SMILES string of the molecule is Cn1ccc2cc(C(=O)N3CC[C@@]4(O)CCCC[C@@H]4C3)ccc21. The molecule has 1 saturated heterocycles. The standard InChI is InChI=1S/C19H24N2O2/c1-20-10-7-14-12-15(5-6-17(14)20)18(22)21-11-9-19(23)8-3-2-4-16(19)13-21/h5-7,10,12,16,23H,2-4,8-9,11,13H2,1H3/t16-,19+/m1/s1. The summed E-state index contributed by atoms with van der Waals surface area (Å²) in [6, 6.07) is 7.97. The van der Waals surface area contributed by atoms with Crippen LogP contribution in [-0.2, 0) is 7.05 Å². The maximum Gasteiger partial charge on any atom is 0.253 e. The van der Waals surface area contributed by atoms with Gasteiger partial charge in [-0.2, -0.15) is 0 Å². The summed E-state index contributed by atoms with van der Waals surface area (Å²) in [4.78, 5) is 14.8. The first-order valence-electron chi connectivity index (χ1n) is 8.64. The number of amides is 1. The van der Waals surface area contributed by atoms with Gasteiger partial charge in [-0.25, -0.2) is 0 Å². The molecule has 2 atom stereocenters. The summed E-state index contributed by atoms with van der Waals surface area (Å²) in [6.45, 7) is 1.36. The van der Waals surface area contributed by atoms with Crippen LogP contribution in [0, 0.1) is 5.92 Å². The number of benzene rings is 1. The zero-order valence-electron chi connectivity index (χ0n) is 13.7. The van der Waals surface area contributed by atoms with Crippen LogP contribution >= 0.6 is 0 Å². The molecule has 1 aliphatic carbocycles. The van der Waals surface area contributed by atoms with Crippen LogP contribution < -0.4 is 0 Å². The van der Waals surface area contributed by atoms with E-state index in [1.54, 1.807) is 0 Å². The van der Waals surface area contributed by atoms with Crippen LogP contribution in [0.3, 0.4) is 0 Å². The molecule has 4 heteroatoms. The first kappa shape index (κ1) is 14.8. The first-order valence-corrected chi connectivity index (χ1v) is 8.64. The Hall–Kier alpha value is -1.81. The maximum atomic E-state index is 12.9. The van der Waals surface area contributed by atoms with Crippen molar-refractivity contribution in [3.63, 3.8) is 0 Å². The van der Waals surface area contributed by atoms with E-state index in [0.717, 1.165) is 42.1 Å². The summed E-state index contributed by atoms with van der Waals surface area (Å²) in [7, 11) is 2.01. The Morgan fingerprint density at radius 2 is 2.13 bits per heavy atom. The molecule has 2 aliphatic rings. The van der Waals surface area contributed by atoms with Gasteiger partial charge in [0.05, 0.1) is 5.60 Å². The number of fused-ring (bicyclic) bond motifs is 2. The Kier molecular flexibility index (Phi) is 3.45. The Bertz CT molecular complexity index is 751. The van der Waals surface area contributed by atoms with Gasteiger partial charge < -0.3 is 14.6 Å². The van der Waals surface area contributed by atoms with Crippen molar-refractivity contribution in [2.45, 2.75) is 37.7 Å². The fraction of sp³-hybridized carbons (Fsp3) is 0.526. The fourth-order valence-electron chi connectivity index (χ4n) is 4.35. The normalized spacial score (nSPS) is 27.9. The van der Waals surface area contributed by atoms with E-state index >= 15 is 0 Å². The minimum absolute atomic E-state index is 0.100. The van der Waals surface area contributed by atoms with Gasteiger partial charge in [-0.3, -0.25) is 4.79 Å². The average Bonchev–Trinajstić information content (AvgIpc) is 2.94. The molecule has 0 radical (unpaired) electrons. The number of hydrogen-bond donors (Lipinski definition) is 1. The third-order valence-corrected chi connectivity index (χ3v) is 5.85. The van der Waals surface area contributed by atoms with Crippen LogP contribution in [0.5, 0.6) is 0 Å². The number of carbonyl (C=O) groups is 1. The topological polar surface area (TPSA) is 45.5 Å². The zero-order chi connectivity index (χ0) is 16.0. The van der Waals surface area contributed by atoms with E-state index in [2.05, 4.69) is 4.57 Å². The van der Waals surface area contributed by atoms with Crippen molar-refractivity contribution in [1.82, 2.24) is 9.47 Å². The molecule has 0 bridgehead atoms. The van der Waals surface area contributed by atoms with Gasteiger partial charge in [-0.05, 0) is 43.5 Å². The van der Waals surface area contributed by atoms with Crippen LogP contribution in [0.25, 0.3) is 10.9 Å². The van der Waals surface area contributed by atoms with Crippen molar-refractivity contribution in [2.75, 3.05) is 13.1 Å². The second-order valence-electron chi connectivity index (χ2n) is 7.25. The summed E-state index contributed by atoms with van der Waals surface area (Å²) in [5, 5.41) is 11.9. The molecule has 1 N–H and O–H groups in total. The lowest BCUT2D eigenvalue weighted by molar-refractivity contribution is -0.0886. The fourth-order valence-corrected chi connectivity index (χ4v) is 4.35. The van der Waals surface area contributed by atoms with Crippen molar-refractivity contribution in [3.8, 4) is 0 Å². The first-order chi connectivity index (χ1) is 11.1. The van der Waals surface area contributed by atoms with E-state index in [1.807, 2.05) is 42.4 Å². The van der Waals surface area contributed by atoms with Gasteiger partial charge in [0.1, 0.15) is 0 Å². The smallest absolute Gasteiger partial charge is 0.253 e. The number of likely N-dealkylation sites (tertiary alicyclic amines) is 1. The molecular weight excluding hydrogens is 288 g/mol. The molecular formula is C19H24N2O2. The Labute approximate surface area is 136 Å². The van der Waals surface area contributed by atoms with Crippen LogP contribution in [0.1, 0.15) is 42.5 Å². The lowest BCUT2D eigenvalue weighted by atomic mass is 9.71. The molecule has 1 saturated carbocycles. The van der Waals surface area contributed by atoms with Crippen molar-refractivity contribution >= 4 is 16.8 Å². The summed E-state index contributed by atoms with van der Waals surface area (Å²) in [5.74, 6) is 0.345. The van der Waals surface area contributed by atoms with Crippen molar-refractivity contribution in [1.29, 1.82) is 0 Å². The Balaban J connectivity index is 1.56. The number of aryl methyl sites for hydroxylation is 1. The number of hydrogen-bond acceptors (Lipinski definition) is 2. The van der Waals surface area contributed by atoms with Gasteiger partial charge in [0.2, 0.25) is 0 Å². The highest BCUT2D eigenvalue weighted by Gasteiger charge is 2.43. The van der Waals surface area contributed by atoms with E-state index in [-0.39, 0.29) is 11.8 Å². The van der Waals surface area contributed by atoms with Crippen LogP contribution in [0.15, 0.2) is 30.5 Å². The molecule has 1 aliphatic heterocycles. The predicted molar refractivity (Wildman–Crippen MR) is 90.3 cm³/mol. The number of rotatable bonds is 1. The van der Waals surface area contributed by atoms with Gasteiger partial charge in [-0.1, -0.05) is 12.8 Å². The van der Waals surface area contributed by atoms with Crippen molar-refractivity contribution < 1.29 is 9.90 Å². The van der Waals surface area contributed by atoms with E-state index in [1.165, 1.54) is 6.42 Å². The molecule has 2 fully saturated rings. The van der Waals surface area contributed by atoms with Gasteiger partial charge in [0.15, 0.2) is 0 Å². The van der Waals surface area contributed by atoms with Gasteiger partial charge in [-0.15, -0.1) is 0 Å². The van der Waals surface area contributed by atoms with E-state index in [4.69, 9.17) is 0 Å². The number of aromatic nitrogens is 1. The molecule has 2 aromatic rings. The largest absolute Gasteiger partial charge is 0.389 e. The quantitative estimate of drug-likeness (QED) is 0.880. The van der Waals surface area contributed by atoms with Crippen LogP contribution in [0.4, 0.5) is 0 Å². The monoisotopic (exact) mass is 312 g/mol. The molecule has 0 unspecified atom stereocenters. The third-order valence-electron chi connectivity index (χ3n) is 5.85. The Morgan fingerprint density at radius 3 is 3.00 bits per heavy atom. The molecule has 122 valence electrons. The molecule has 4 rings (SSSR count). The number of piperidine rings is 1. The van der Waals surface area contributed by atoms with Crippen molar-refractivity contribution in [2.24, 2.45) is 13.0 Å². The number of aliphatic hydroxyl groups is 1. The summed E-state index contributed by atoms with van der Waals surface area (Å²) in [6.07, 6.45) is 6.96. The van der Waals surface area contributed by atoms with Gasteiger partial charge in [0.25, 0.3) is 5.91 Å². The van der Waals surface area contributed by atoms with E-state index in [9.17, 15) is 9.90 Å². The molecule has 1 aromatic heterocycles. The predicted octanol–water partition coefficient (Wildman–Crippen LogP) is 2.95. The summed E-state index contributed by atoms with van der Waals surface area (Å²) < 4.78 is 2.06. The summed E-state index contributed by atoms with van der Waals surface area (Å²) >= 11 is 0. The molecule has 4 nitrogen and oxygen atoms in total. The van der Waals surface area contributed by atoms with E-state index in [0.29, 0.717) is 13.1 Å². The second kappa shape index (κ2) is 5.38. The average molecular weight is 312 g/mol. The zero-order valence-corrected chi connectivity index (χ0v) is 13.7. The molecule has 23 heavy (non-hydrogen) atoms. The minimum Gasteiger partial charge on any atom is -0.389 e. The maximum absolute atomic E-state index is 12.9. The highest BCUT2D eigenvalue weighted by atomic mass is 16.3. The molecule has 1 amide bonds. The molecule has 0 spiro atoms. The van der Waals surface area contributed by atoms with Gasteiger partial charge in [0, 0.05) is 48.7 Å². The second-order valence-corrected chi connectivity index (χ2v) is 7.25. The van der Waals surface area contributed by atoms with Crippen LogP contribution in [-0.4, -0.2) is 39.2 Å². The minimum atomic E-state index is -0.529. The third kappa shape index (κ3) is 2.45. The molecule has 2 heterocycles. The number of nitrogens with zero attached hydrogens (tertiary/aromatic N) is 2.